The van der Waals surface area contributed by atoms with E-state index in [2.05, 4.69) is 5.10 Å². The van der Waals surface area contributed by atoms with Crippen LogP contribution in [0.25, 0.3) is 5.69 Å². The van der Waals surface area contributed by atoms with Gasteiger partial charge in [-0.25, -0.2) is 13.6 Å². The minimum absolute atomic E-state index is 0.244. The molecule has 2 rings (SSSR count). The molecule has 0 aliphatic rings. The van der Waals surface area contributed by atoms with Crippen molar-refractivity contribution in [2.24, 2.45) is 0 Å². The van der Waals surface area contributed by atoms with E-state index in [1.54, 1.807) is 0 Å². The zero-order valence-electron chi connectivity index (χ0n) is 9.17. The first-order valence-electron chi connectivity index (χ1n) is 4.93. The Morgan fingerprint density at radius 1 is 1.26 bits per heavy atom. The lowest BCUT2D eigenvalue weighted by atomic mass is 10.3. The number of rotatable bonds is 2. The van der Waals surface area contributed by atoms with E-state index in [1.165, 1.54) is 0 Å². The van der Waals surface area contributed by atoms with E-state index in [0.717, 1.165) is 18.2 Å². The van der Waals surface area contributed by atoms with Crippen LogP contribution in [0.2, 0.25) is 0 Å². The van der Waals surface area contributed by atoms with Gasteiger partial charge in [0.15, 0.2) is 17.4 Å². The maximum atomic E-state index is 13.5. The summed E-state index contributed by atoms with van der Waals surface area (Å²) >= 11 is 0. The summed E-state index contributed by atoms with van der Waals surface area (Å²) in [6.45, 7) is 0. The predicted octanol–water partition coefficient (Wildman–Crippen LogP) is 0.914. The molecule has 1 aromatic carbocycles. The number of halogens is 2. The van der Waals surface area contributed by atoms with Crippen molar-refractivity contribution in [3.63, 3.8) is 0 Å². The molecule has 19 heavy (non-hydrogen) atoms. The lowest BCUT2D eigenvalue weighted by molar-refractivity contribution is 0.0684. The van der Waals surface area contributed by atoms with Crippen molar-refractivity contribution in [3.05, 3.63) is 51.9 Å². The second-order valence-electron chi connectivity index (χ2n) is 3.50. The Bertz CT molecular complexity index is 707. The highest BCUT2D eigenvalue weighted by molar-refractivity contribution is 5.88. The van der Waals surface area contributed by atoms with Gasteiger partial charge >= 0.3 is 5.97 Å². The van der Waals surface area contributed by atoms with Crippen LogP contribution in [0.3, 0.4) is 0 Å². The van der Waals surface area contributed by atoms with Crippen LogP contribution in [0.1, 0.15) is 10.5 Å². The molecule has 0 radical (unpaired) electrons. The topological polar surface area (TPSA) is 92.4 Å². The van der Waals surface area contributed by atoms with Gasteiger partial charge in [0.25, 0.3) is 5.56 Å². The number of hydrogen-bond acceptors (Lipinski definition) is 4. The van der Waals surface area contributed by atoms with Crippen LogP contribution in [0.5, 0.6) is 5.75 Å². The first kappa shape index (κ1) is 12.7. The number of carbonyl (C=O) groups is 1. The van der Waals surface area contributed by atoms with Crippen molar-refractivity contribution >= 4 is 5.97 Å². The van der Waals surface area contributed by atoms with Gasteiger partial charge in [0.1, 0.15) is 5.69 Å². The van der Waals surface area contributed by atoms with E-state index in [4.69, 9.17) is 5.11 Å². The number of nitrogens with zero attached hydrogens (tertiary/aromatic N) is 2. The number of hydrogen-bond donors (Lipinski definition) is 2. The van der Waals surface area contributed by atoms with Crippen molar-refractivity contribution in [3.8, 4) is 11.4 Å². The third-order valence-electron chi connectivity index (χ3n) is 2.26. The summed E-state index contributed by atoms with van der Waals surface area (Å²) in [5, 5.41) is 21.2. The maximum absolute atomic E-state index is 13.5. The maximum Gasteiger partial charge on any atom is 0.360 e. The number of aromatic nitrogens is 2. The molecule has 1 heterocycles. The van der Waals surface area contributed by atoms with Crippen LogP contribution in [0.4, 0.5) is 8.78 Å². The van der Waals surface area contributed by atoms with Crippen molar-refractivity contribution in [2.45, 2.75) is 0 Å². The van der Waals surface area contributed by atoms with Crippen molar-refractivity contribution < 1.29 is 23.8 Å². The van der Waals surface area contributed by atoms with Crippen LogP contribution >= 0.6 is 0 Å². The molecule has 0 aliphatic heterocycles. The van der Waals surface area contributed by atoms with Gasteiger partial charge < -0.3 is 10.2 Å². The standard InChI is InChI=1S/C11H6F2N2O4/c12-5-2-1-3-6(13)10(5)15-8(17)4-7(16)9(14-15)11(18)19/h1-4,16H,(H,18,19). The number of para-hydroxylation sites is 1. The Balaban J connectivity index is 2.80. The van der Waals surface area contributed by atoms with Gasteiger partial charge in [-0.15, -0.1) is 0 Å². The predicted molar refractivity (Wildman–Crippen MR) is 58.4 cm³/mol. The van der Waals surface area contributed by atoms with E-state index in [-0.39, 0.29) is 4.68 Å². The zero-order valence-corrected chi connectivity index (χ0v) is 9.17. The number of carboxylic acid groups (broad SMARTS) is 1. The Morgan fingerprint density at radius 3 is 2.37 bits per heavy atom. The molecule has 0 bridgehead atoms. The molecule has 0 amide bonds. The summed E-state index contributed by atoms with van der Waals surface area (Å²) in [6, 6.07) is 3.37. The summed E-state index contributed by atoms with van der Waals surface area (Å²) in [4.78, 5) is 22.3. The molecule has 0 saturated carbocycles. The lowest BCUT2D eigenvalue weighted by Crippen LogP contribution is -2.24. The summed E-state index contributed by atoms with van der Waals surface area (Å²) in [5.41, 5.74) is -2.76. The van der Waals surface area contributed by atoms with Crippen LogP contribution in [0.15, 0.2) is 29.1 Å². The normalized spacial score (nSPS) is 10.4. The largest absolute Gasteiger partial charge is 0.505 e. The van der Waals surface area contributed by atoms with Crippen molar-refractivity contribution in [1.29, 1.82) is 0 Å². The SMILES string of the molecule is O=C(O)c1nn(-c2c(F)cccc2F)c(=O)cc1O. The molecule has 6 nitrogen and oxygen atoms in total. The van der Waals surface area contributed by atoms with E-state index in [9.17, 15) is 23.5 Å². The van der Waals surface area contributed by atoms with Gasteiger partial charge in [0.05, 0.1) is 0 Å². The molecule has 0 unspecified atom stereocenters. The average Bonchev–Trinajstić information content (AvgIpc) is 2.30. The first-order chi connectivity index (χ1) is 8.91. The molecule has 0 spiro atoms. The highest BCUT2D eigenvalue weighted by atomic mass is 19.1. The van der Waals surface area contributed by atoms with Crippen LogP contribution in [-0.2, 0) is 0 Å². The van der Waals surface area contributed by atoms with Gasteiger partial charge in [-0.3, -0.25) is 4.79 Å². The number of aromatic carboxylic acids is 1. The molecule has 0 aliphatic carbocycles. The number of benzene rings is 1. The summed E-state index contributed by atoms with van der Waals surface area (Å²) in [5.74, 6) is -4.69. The van der Waals surface area contributed by atoms with E-state index >= 15 is 0 Å². The molecule has 0 fully saturated rings. The third-order valence-corrected chi connectivity index (χ3v) is 2.26. The second kappa shape index (κ2) is 4.48. The van der Waals surface area contributed by atoms with Crippen molar-refractivity contribution in [1.82, 2.24) is 9.78 Å². The first-order valence-corrected chi connectivity index (χ1v) is 4.93. The van der Waals surface area contributed by atoms with Crippen LogP contribution in [0, 0.1) is 11.6 Å². The molecule has 2 N–H and O–H groups in total. The zero-order chi connectivity index (χ0) is 14.2. The quantitative estimate of drug-likeness (QED) is 0.844. The summed E-state index contributed by atoms with van der Waals surface area (Å²) in [7, 11) is 0. The third kappa shape index (κ3) is 2.15. The minimum Gasteiger partial charge on any atom is -0.505 e. The van der Waals surface area contributed by atoms with Crippen molar-refractivity contribution in [2.75, 3.05) is 0 Å². The molecule has 0 saturated heterocycles. The molecular weight excluding hydrogens is 262 g/mol. The smallest absolute Gasteiger partial charge is 0.360 e. The molecule has 2 aromatic rings. The molecule has 8 heteroatoms. The van der Waals surface area contributed by atoms with Gasteiger partial charge in [-0.2, -0.15) is 9.78 Å². The number of aromatic hydroxyl groups is 1. The Hall–Kier alpha value is -2.77. The minimum atomic E-state index is -1.64. The average molecular weight is 268 g/mol. The van der Waals surface area contributed by atoms with Gasteiger partial charge in [-0.05, 0) is 12.1 Å². The monoisotopic (exact) mass is 268 g/mol. The van der Waals surface area contributed by atoms with E-state index in [0.29, 0.717) is 6.07 Å². The van der Waals surface area contributed by atoms with Gasteiger partial charge in [0.2, 0.25) is 5.69 Å². The lowest BCUT2D eigenvalue weighted by Gasteiger charge is -2.08. The molecular formula is C11H6F2N2O4. The molecule has 1 aromatic heterocycles. The molecule has 98 valence electrons. The van der Waals surface area contributed by atoms with Crippen LogP contribution < -0.4 is 5.56 Å². The Labute approximate surface area is 104 Å². The Kier molecular flexibility index (Phi) is 2.99. The number of carboxylic acids is 1. The summed E-state index contributed by atoms with van der Waals surface area (Å²) in [6.07, 6.45) is 0. The highest BCUT2D eigenvalue weighted by Crippen LogP contribution is 2.17. The van der Waals surface area contributed by atoms with Gasteiger partial charge in [-0.1, -0.05) is 6.07 Å². The highest BCUT2D eigenvalue weighted by Gasteiger charge is 2.19. The van der Waals surface area contributed by atoms with Crippen LogP contribution in [-0.4, -0.2) is 26.0 Å². The second-order valence-corrected chi connectivity index (χ2v) is 3.50. The fourth-order valence-electron chi connectivity index (χ4n) is 1.45. The van der Waals surface area contributed by atoms with E-state index in [1.807, 2.05) is 0 Å². The fraction of sp³-hybridized carbons (Fsp3) is 0. The van der Waals surface area contributed by atoms with Gasteiger partial charge in [0, 0.05) is 6.07 Å². The van der Waals surface area contributed by atoms with E-state index < -0.39 is 40.3 Å². The Morgan fingerprint density at radius 2 is 1.84 bits per heavy atom. The summed E-state index contributed by atoms with van der Waals surface area (Å²) < 4.78 is 27.2. The fourth-order valence-corrected chi connectivity index (χ4v) is 1.45. The molecule has 0 atom stereocenters.